The third kappa shape index (κ3) is 3.40. The van der Waals surface area contributed by atoms with Gasteiger partial charge < -0.3 is 5.32 Å². The Morgan fingerprint density at radius 2 is 2.00 bits per heavy atom. The van der Waals surface area contributed by atoms with Crippen molar-refractivity contribution in [1.82, 2.24) is 0 Å². The van der Waals surface area contributed by atoms with E-state index in [1.165, 1.54) is 19.1 Å². The van der Waals surface area contributed by atoms with Crippen molar-refractivity contribution in [2.45, 2.75) is 19.9 Å². The Morgan fingerprint density at radius 1 is 1.35 bits per heavy atom. The predicted octanol–water partition coefficient (Wildman–Crippen LogP) is 1.98. The molecule has 1 rings (SSSR count). The second kappa shape index (κ2) is 5.24. The molecule has 0 radical (unpaired) electrons. The second-order valence-electron chi connectivity index (χ2n) is 3.77. The van der Waals surface area contributed by atoms with E-state index in [9.17, 15) is 20.2 Å². The number of nitrogens with one attached hydrogen (secondary N) is 1. The van der Waals surface area contributed by atoms with Gasteiger partial charge in [-0.2, -0.15) is 0 Å². The molecule has 0 aliphatic rings. The SMILES string of the molecule is Cc1cc([N+](=O)[O-])ccc1NCC(C)[N+](=O)[O-]. The number of hydrogen-bond donors (Lipinski definition) is 1. The van der Waals surface area contributed by atoms with E-state index >= 15 is 0 Å². The smallest absolute Gasteiger partial charge is 0.269 e. The first-order valence-corrected chi connectivity index (χ1v) is 5.04. The maximum Gasteiger partial charge on any atom is 0.269 e. The highest BCUT2D eigenvalue weighted by Gasteiger charge is 2.13. The van der Waals surface area contributed by atoms with Crippen LogP contribution < -0.4 is 5.32 Å². The maximum atomic E-state index is 10.5. The second-order valence-corrected chi connectivity index (χ2v) is 3.77. The Bertz CT molecular complexity index is 447. The number of non-ortho nitro benzene ring substituents is 1. The third-order valence-electron chi connectivity index (χ3n) is 2.37. The number of nitro benzene ring substituents is 1. The summed E-state index contributed by atoms with van der Waals surface area (Å²) >= 11 is 0. The van der Waals surface area contributed by atoms with Crippen molar-refractivity contribution >= 4 is 11.4 Å². The molecule has 1 unspecified atom stereocenters. The van der Waals surface area contributed by atoms with Gasteiger partial charge in [-0.05, 0) is 18.6 Å². The Labute approximate surface area is 97.7 Å². The average Bonchev–Trinajstić information content (AvgIpc) is 2.26. The van der Waals surface area contributed by atoms with E-state index < -0.39 is 11.0 Å². The van der Waals surface area contributed by atoms with E-state index in [1.54, 1.807) is 13.0 Å². The van der Waals surface area contributed by atoms with Crippen molar-refractivity contribution in [2.75, 3.05) is 11.9 Å². The number of benzene rings is 1. The van der Waals surface area contributed by atoms with Gasteiger partial charge in [-0.3, -0.25) is 20.2 Å². The molecular formula is C10H13N3O4. The Hall–Kier alpha value is -2.18. The summed E-state index contributed by atoms with van der Waals surface area (Å²) in [5.41, 5.74) is 1.37. The Balaban J connectivity index is 2.73. The van der Waals surface area contributed by atoms with Gasteiger partial charge in [0, 0.05) is 29.7 Å². The van der Waals surface area contributed by atoms with Crippen LogP contribution in [-0.4, -0.2) is 22.4 Å². The number of rotatable bonds is 5. The summed E-state index contributed by atoms with van der Waals surface area (Å²) in [6.45, 7) is 3.39. The maximum absolute atomic E-state index is 10.5. The van der Waals surface area contributed by atoms with Crippen LogP contribution in [0.15, 0.2) is 18.2 Å². The van der Waals surface area contributed by atoms with Gasteiger partial charge >= 0.3 is 0 Å². The van der Waals surface area contributed by atoms with E-state index in [0.29, 0.717) is 11.3 Å². The fourth-order valence-electron chi connectivity index (χ4n) is 1.29. The first-order valence-electron chi connectivity index (χ1n) is 5.04. The summed E-state index contributed by atoms with van der Waals surface area (Å²) in [5.74, 6) is 0. The van der Waals surface area contributed by atoms with Gasteiger partial charge in [-0.25, -0.2) is 0 Å². The minimum Gasteiger partial charge on any atom is -0.378 e. The van der Waals surface area contributed by atoms with E-state index in [-0.39, 0.29) is 17.2 Å². The minimum absolute atomic E-state index is 0.00961. The van der Waals surface area contributed by atoms with Gasteiger partial charge in [0.1, 0.15) is 0 Å². The van der Waals surface area contributed by atoms with Crippen molar-refractivity contribution in [3.05, 3.63) is 44.0 Å². The van der Waals surface area contributed by atoms with E-state index in [4.69, 9.17) is 0 Å². The molecule has 92 valence electrons. The third-order valence-corrected chi connectivity index (χ3v) is 2.37. The van der Waals surface area contributed by atoms with Gasteiger partial charge in [0.2, 0.25) is 6.04 Å². The molecule has 7 heteroatoms. The number of hydrogen-bond acceptors (Lipinski definition) is 5. The summed E-state index contributed by atoms with van der Waals surface area (Å²) in [4.78, 5) is 20.1. The highest BCUT2D eigenvalue weighted by molar-refractivity contribution is 5.55. The molecule has 0 spiro atoms. The lowest BCUT2D eigenvalue weighted by molar-refractivity contribution is -0.514. The lowest BCUT2D eigenvalue weighted by Crippen LogP contribution is -2.24. The van der Waals surface area contributed by atoms with Gasteiger partial charge in [-0.1, -0.05) is 0 Å². The topological polar surface area (TPSA) is 98.3 Å². The highest BCUT2D eigenvalue weighted by atomic mass is 16.6. The highest BCUT2D eigenvalue weighted by Crippen LogP contribution is 2.21. The number of nitro groups is 2. The lowest BCUT2D eigenvalue weighted by Gasteiger charge is -2.10. The first kappa shape index (κ1) is 12.9. The zero-order chi connectivity index (χ0) is 13.0. The zero-order valence-corrected chi connectivity index (χ0v) is 9.54. The Morgan fingerprint density at radius 3 is 2.47 bits per heavy atom. The van der Waals surface area contributed by atoms with Crippen molar-refractivity contribution in [2.24, 2.45) is 0 Å². The number of nitrogens with zero attached hydrogens (tertiary/aromatic N) is 2. The largest absolute Gasteiger partial charge is 0.378 e. The molecule has 17 heavy (non-hydrogen) atoms. The van der Waals surface area contributed by atoms with Gasteiger partial charge in [-0.15, -0.1) is 0 Å². The van der Waals surface area contributed by atoms with Crippen molar-refractivity contribution in [3.63, 3.8) is 0 Å². The summed E-state index contributed by atoms with van der Waals surface area (Å²) in [6, 6.07) is 3.65. The molecule has 1 aromatic carbocycles. The Kier molecular flexibility index (Phi) is 3.97. The zero-order valence-electron chi connectivity index (χ0n) is 9.54. The molecule has 0 aliphatic carbocycles. The van der Waals surface area contributed by atoms with Gasteiger partial charge in [0.05, 0.1) is 11.5 Å². The van der Waals surface area contributed by atoms with Crippen molar-refractivity contribution in [1.29, 1.82) is 0 Å². The van der Waals surface area contributed by atoms with E-state index in [0.717, 1.165) is 0 Å². The molecule has 0 saturated heterocycles. The summed E-state index contributed by atoms with van der Waals surface area (Å²) in [7, 11) is 0. The summed E-state index contributed by atoms with van der Waals surface area (Å²) in [6.07, 6.45) is 0. The summed E-state index contributed by atoms with van der Waals surface area (Å²) < 4.78 is 0. The average molecular weight is 239 g/mol. The summed E-state index contributed by atoms with van der Waals surface area (Å²) in [5, 5.41) is 23.8. The number of aryl methyl sites for hydroxylation is 1. The molecule has 1 N–H and O–H groups in total. The normalized spacial score (nSPS) is 11.9. The quantitative estimate of drug-likeness (QED) is 0.625. The van der Waals surface area contributed by atoms with Crippen LogP contribution in [0.1, 0.15) is 12.5 Å². The predicted molar refractivity (Wildman–Crippen MR) is 62.8 cm³/mol. The first-order chi connectivity index (χ1) is 7.91. The molecular weight excluding hydrogens is 226 g/mol. The standard InChI is InChI=1S/C10H13N3O4/c1-7-5-9(13(16)17)3-4-10(7)11-6-8(2)12(14)15/h3-5,8,11H,6H2,1-2H3. The molecule has 0 heterocycles. The molecule has 1 aromatic rings. The molecule has 0 bridgehead atoms. The molecule has 0 saturated carbocycles. The molecule has 0 fully saturated rings. The fraction of sp³-hybridized carbons (Fsp3) is 0.400. The van der Waals surface area contributed by atoms with Crippen molar-refractivity contribution in [3.8, 4) is 0 Å². The van der Waals surface area contributed by atoms with Crippen LogP contribution in [0.4, 0.5) is 11.4 Å². The lowest BCUT2D eigenvalue weighted by atomic mass is 10.1. The van der Waals surface area contributed by atoms with E-state index in [2.05, 4.69) is 5.32 Å². The van der Waals surface area contributed by atoms with Gasteiger partial charge in [0.25, 0.3) is 5.69 Å². The number of anilines is 1. The molecule has 0 aromatic heterocycles. The molecule has 0 amide bonds. The van der Waals surface area contributed by atoms with Crippen LogP contribution in [0.2, 0.25) is 0 Å². The van der Waals surface area contributed by atoms with Crippen LogP contribution in [0.3, 0.4) is 0 Å². The van der Waals surface area contributed by atoms with E-state index in [1.807, 2.05) is 0 Å². The van der Waals surface area contributed by atoms with Crippen LogP contribution in [0, 0.1) is 27.2 Å². The van der Waals surface area contributed by atoms with Crippen molar-refractivity contribution < 1.29 is 9.85 Å². The minimum atomic E-state index is -0.704. The van der Waals surface area contributed by atoms with Crippen LogP contribution >= 0.6 is 0 Å². The molecule has 7 nitrogen and oxygen atoms in total. The fourth-order valence-corrected chi connectivity index (χ4v) is 1.29. The molecule has 0 aliphatic heterocycles. The monoisotopic (exact) mass is 239 g/mol. The van der Waals surface area contributed by atoms with Crippen LogP contribution in [0.5, 0.6) is 0 Å². The molecule has 1 atom stereocenters. The van der Waals surface area contributed by atoms with Gasteiger partial charge in [0.15, 0.2) is 0 Å². The van der Waals surface area contributed by atoms with Crippen LogP contribution in [-0.2, 0) is 0 Å². The van der Waals surface area contributed by atoms with Crippen LogP contribution in [0.25, 0.3) is 0 Å².